The van der Waals surface area contributed by atoms with Gasteiger partial charge >= 0.3 is 0 Å². The van der Waals surface area contributed by atoms with Crippen LogP contribution in [0.4, 0.5) is 10.1 Å². The molecule has 0 bridgehead atoms. The van der Waals surface area contributed by atoms with Crippen LogP contribution in [0.1, 0.15) is 13.8 Å². The van der Waals surface area contributed by atoms with Gasteiger partial charge in [-0.25, -0.2) is 4.39 Å². The highest BCUT2D eigenvalue weighted by Crippen LogP contribution is 2.24. The van der Waals surface area contributed by atoms with Crippen LogP contribution in [0.2, 0.25) is 0 Å². The first-order chi connectivity index (χ1) is 8.10. The van der Waals surface area contributed by atoms with E-state index in [1.54, 1.807) is 17.0 Å². The molecule has 0 heterocycles. The van der Waals surface area contributed by atoms with E-state index in [2.05, 4.69) is 21.2 Å². The van der Waals surface area contributed by atoms with Crippen LogP contribution in [-0.4, -0.2) is 30.4 Å². The number of benzene rings is 1. The summed E-state index contributed by atoms with van der Waals surface area (Å²) in [5.74, 6) is -0.406. The minimum Gasteiger partial charge on any atom is -0.373 e. The topological polar surface area (TPSA) is 32.3 Å². The fourth-order valence-electron chi connectivity index (χ4n) is 1.52. The molecule has 0 aliphatic heterocycles. The molecule has 0 spiro atoms. The molecule has 3 nitrogen and oxygen atoms in total. The van der Waals surface area contributed by atoms with Crippen LogP contribution in [0, 0.1) is 5.82 Å². The number of nitrogens with zero attached hydrogens (tertiary/aromatic N) is 1. The van der Waals surface area contributed by atoms with Gasteiger partial charge in [0.1, 0.15) is 5.82 Å². The second-order valence-corrected chi connectivity index (χ2v) is 4.37. The van der Waals surface area contributed by atoms with Crippen molar-refractivity contribution >= 4 is 27.5 Å². The van der Waals surface area contributed by atoms with Crippen molar-refractivity contribution in [2.24, 2.45) is 0 Å². The Hall–Kier alpha value is -1.10. The highest BCUT2D eigenvalue weighted by molar-refractivity contribution is 9.10. The largest absolute Gasteiger partial charge is 0.373 e. The summed E-state index contributed by atoms with van der Waals surface area (Å²) in [5, 5.41) is 2.82. The third-order valence-corrected chi connectivity index (χ3v) is 3.16. The van der Waals surface area contributed by atoms with E-state index < -0.39 is 0 Å². The van der Waals surface area contributed by atoms with Gasteiger partial charge in [-0.15, -0.1) is 0 Å². The fraction of sp³-hybridized carbons (Fsp3) is 0.417. The van der Waals surface area contributed by atoms with Gasteiger partial charge in [0.25, 0.3) is 0 Å². The molecule has 0 aliphatic carbocycles. The number of nitrogens with one attached hydrogen (secondary N) is 1. The van der Waals surface area contributed by atoms with Gasteiger partial charge in [0, 0.05) is 17.6 Å². The molecule has 94 valence electrons. The van der Waals surface area contributed by atoms with Gasteiger partial charge in [0.2, 0.25) is 5.91 Å². The van der Waals surface area contributed by atoms with Gasteiger partial charge in [0.05, 0.1) is 12.2 Å². The molecule has 0 fully saturated rings. The summed E-state index contributed by atoms with van der Waals surface area (Å²) in [6.45, 7) is 5.26. The molecule has 1 N–H and O–H groups in total. The second kappa shape index (κ2) is 6.59. The molecule has 0 radical (unpaired) electrons. The lowest BCUT2D eigenvalue weighted by Crippen LogP contribution is -2.35. The molecule has 5 heteroatoms. The lowest BCUT2D eigenvalue weighted by Gasteiger charge is -2.19. The Labute approximate surface area is 109 Å². The standard InChI is InChI=1S/C12H16BrFN2O/c1-3-16(4-2)11(17)8-15-12-9(13)6-5-7-10(12)14/h5-7,15H,3-4,8H2,1-2H3. The maximum absolute atomic E-state index is 13.4. The zero-order valence-electron chi connectivity index (χ0n) is 9.96. The number of anilines is 1. The van der Waals surface area contributed by atoms with E-state index in [0.29, 0.717) is 23.2 Å². The van der Waals surface area contributed by atoms with Crippen LogP contribution < -0.4 is 5.32 Å². The first kappa shape index (κ1) is 14.0. The first-order valence-electron chi connectivity index (χ1n) is 5.55. The molecule has 1 amide bonds. The van der Waals surface area contributed by atoms with E-state index in [-0.39, 0.29) is 18.3 Å². The zero-order valence-corrected chi connectivity index (χ0v) is 11.6. The summed E-state index contributed by atoms with van der Waals surface area (Å²) in [5.41, 5.74) is 0.327. The molecular weight excluding hydrogens is 287 g/mol. The van der Waals surface area contributed by atoms with Gasteiger partial charge in [0.15, 0.2) is 0 Å². The van der Waals surface area contributed by atoms with Gasteiger partial charge in [-0.1, -0.05) is 6.07 Å². The first-order valence-corrected chi connectivity index (χ1v) is 6.35. The van der Waals surface area contributed by atoms with E-state index in [9.17, 15) is 9.18 Å². The van der Waals surface area contributed by atoms with E-state index in [1.807, 2.05) is 13.8 Å². The van der Waals surface area contributed by atoms with E-state index in [1.165, 1.54) is 6.07 Å². The van der Waals surface area contributed by atoms with Gasteiger partial charge in [-0.3, -0.25) is 4.79 Å². The van der Waals surface area contributed by atoms with Crippen molar-refractivity contribution in [3.05, 3.63) is 28.5 Å². The van der Waals surface area contributed by atoms with Gasteiger partial charge in [-0.05, 0) is 41.9 Å². The molecule has 0 atom stereocenters. The quantitative estimate of drug-likeness (QED) is 0.907. The van der Waals surface area contributed by atoms with Crippen molar-refractivity contribution < 1.29 is 9.18 Å². The summed E-state index contributed by atoms with van der Waals surface area (Å²) < 4.78 is 14.1. The highest BCUT2D eigenvalue weighted by atomic mass is 79.9. The van der Waals surface area contributed by atoms with E-state index in [4.69, 9.17) is 0 Å². The SMILES string of the molecule is CCN(CC)C(=O)CNc1c(F)cccc1Br. The number of likely N-dealkylation sites (N-methyl/N-ethyl adjacent to an activating group) is 1. The summed E-state index contributed by atoms with van der Waals surface area (Å²) in [4.78, 5) is 13.4. The van der Waals surface area contributed by atoms with Crippen LogP contribution in [0.25, 0.3) is 0 Å². The van der Waals surface area contributed by atoms with Gasteiger partial charge < -0.3 is 10.2 Å². The molecule has 0 aromatic heterocycles. The third kappa shape index (κ3) is 3.70. The molecule has 1 aromatic carbocycles. The molecule has 1 rings (SSSR count). The average molecular weight is 303 g/mol. The number of rotatable bonds is 5. The maximum atomic E-state index is 13.4. The Kier molecular flexibility index (Phi) is 5.41. The monoisotopic (exact) mass is 302 g/mol. The van der Waals surface area contributed by atoms with Crippen molar-refractivity contribution in [3.63, 3.8) is 0 Å². The Balaban J connectivity index is 2.64. The number of para-hydroxylation sites is 1. The Morgan fingerprint density at radius 2 is 2.06 bits per heavy atom. The maximum Gasteiger partial charge on any atom is 0.241 e. The van der Waals surface area contributed by atoms with Crippen LogP contribution >= 0.6 is 15.9 Å². The lowest BCUT2D eigenvalue weighted by molar-refractivity contribution is -0.128. The number of carbonyl (C=O) groups excluding carboxylic acids is 1. The van der Waals surface area contributed by atoms with Crippen LogP contribution in [0.15, 0.2) is 22.7 Å². The summed E-state index contributed by atoms with van der Waals surface area (Å²) in [6.07, 6.45) is 0. The highest BCUT2D eigenvalue weighted by Gasteiger charge is 2.11. The normalized spacial score (nSPS) is 10.1. The number of halogens is 2. The fourth-order valence-corrected chi connectivity index (χ4v) is 2.00. The third-order valence-electron chi connectivity index (χ3n) is 2.50. The van der Waals surface area contributed by atoms with Crippen molar-refractivity contribution in [1.82, 2.24) is 4.90 Å². The molecule has 0 aliphatic rings. The van der Waals surface area contributed by atoms with Crippen LogP contribution in [0.3, 0.4) is 0 Å². The lowest BCUT2D eigenvalue weighted by atomic mass is 10.3. The number of hydrogen-bond donors (Lipinski definition) is 1. The Bertz CT molecular complexity index is 374. The van der Waals surface area contributed by atoms with Crippen LogP contribution in [-0.2, 0) is 4.79 Å². The van der Waals surface area contributed by atoms with Crippen molar-refractivity contribution in [2.45, 2.75) is 13.8 Å². The average Bonchev–Trinajstić information content (AvgIpc) is 2.30. The predicted molar refractivity (Wildman–Crippen MR) is 70.5 cm³/mol. The molecule has 0 unspecified atom stereocenters. The molecule has 1 aromatic rings. The second-order valence-electron chi connectivity index (χ2n) is 3.52. The molecule has 17 heavy (non-hydrogen) atoms. The molecule has 0 saturated carbocycles. The summed E-state index contributed by atoms with van der Waals surface area (Å²) >= 11 is 3.24. The van der Waals surface area contributed by atoms with Gasteiger partial charge in [-0.2, -0.15) is 0 Å². The summed E-state index contributed by atoms with van der Waals surface area (Å²) in [6, 6.07) is 4.69. The zero-order chi connectivity index (χ0) is 12.8. The Morgan fingerprint density at radius 1 is 1.41 bits per heavy atom. The number of hydrogen-bond acceptors (Lipinski definition) is 2. The number of amides is 1. The van der Waals surface area contributed by atoms with Crippen molar-refractivity contribution in [1.29, 1.82) is 0 Å². The smallest absolute Gasteiger partial charge is 0.241 e. The van der Waals surface area contributed by atoms with Crippen molar-refractivity contribution in [2.75, 3.05) is 25.0 Å². The van der Waals surface area contributed by atoms with E-state index >= 15 is 0 Å². The van der Waals surface area contributed by atoms with Crippen LogP contribution in [0.5, 0.6) is 0 Å². The number of carbonyl (C=O) groups is 1. The predicted octanol–water partition coefficient (Wildman–Crippen LogP) is 2.87. The molecular formula is C12H16BrFN2O. The minimum absolute atomic E-state index is 0.0369. The van der Waals surface area contributed by atoms with E-state index in [0.717, 1.165) is 0 Å². The molecule has 0 saturated heterocycles. The summed E-state index contributed by atoms with van der Waals surface area (Å²) in [7, 11) is 0. The van der Waals surface area contributed by atoms with Crippen molar-refractivity contribution in [3.8, 4) is 0 Å². The Morgan fingerprint density at radius 3 is 2.59 bits per heavy atom. The minimum atomic E-state index is -0.369.